The number of aromatic hydroxyl groups is 1. The molecule has 1 fully saturated rings. The largest absolute Gasteiger partial charge is 0.508 e. The summed E-state index contributed by atoms with van der Waals surface area (Å²) in [6.07, 6.45) is 5.67. The average Bonchev–Trinajstić information content (AvgIpc) is 2.67. The van der Waals surface area contributed by atoms with Crippen LogP contribution in [0, 0.1) is 6.92 Å². The van der Waals surface area contributed by atoms with Crippen LogP contribution in [0.25, 0.3) is 0 Å². The lowest BCUT2D eigenvalue weighted by Gasteiger charge is -2.24. The number of isocyanates is 1. The molecule has 84 valence electrons. The van der Waals surface area contributed by atoms with Crippen LogP contribution in [-0.2, 0) is 10.3 Å². The molecular formula is C13H15NO2. The first-order valence-electron chi connectivity index (χ1n) is 5.57. The van der Waals surface area contributed by atoms with E-state index >= 15 is 0 Å². The Balaban J connectivity index is 2.51. The van der Waals surface area contributed by atoms with Gasteiger partial charge in [-0.15, -0.1) is 0 Å². The van der Waals surface area contributed by atoms with Crippen molar-refractivity contribution < 1.29 is 9.90 Å². The molecule has 1 aliphatic rings. The van der Waals surface area contributed by atoms with Crippen molar-refractivity contribution in [2.45, 2.75) is 38.1 Å². The van der Waals surface area contributed by atoms with Gasteiger partial charge in [0.25, 0.3) is 0 Å². The van der Waals surface area contributed by atoms with Crippen LogP contribution in [0.4, 0.5) is 0 Å². The zero-order chi connectivity index (χ0) is 11.6. The van der Waals surface area contributed by atoms with E-state index in [9.17, 15) is 9.90 Å². The fourth-order valence-corrected chi connectivity index (χ4v) is 2.66. The normalized spacial score (nSPS) is 18.1. The van der Waals surface area contributed by atoms with Crippen LogP contribution in [0.1, 0.15) is 36.8 Å². The summed E-state index contributed by atoms with van der Waals surface area (Å²) in [7, 11) is 0. The minimum absolute atomic E-state index is 0.254. The second-order valence-electron chi connectivity index (χ2n) is 4.44. The first kappa shape index (κ1) is 10.9. The quantitative estimate of drug-likeness (QED) is 0.611. The van der Waals surface area contributed by atoms with Crippen molar-refractivity contribution in [1.82, 2.24) is 0 Å². The zero-order valence-corrected chi connectivity index (χ0v) is 9.36. The highest BCUT2D eigenvalue weighted by Crippen LogP contribution is 2.43. The van der Waals surface area contributed by atoms with E-state index in [1.807, 2.05) is 13.0 Å². The summed E-state index contributed by atoms with van der Waals surface area (Å²) in [5.41, 5.74) is 1.64. The van der Waals surface area contributed by atoms with E-state index in [-0.39, 0.29) is 11.3 Å². The summed E-state index contributed by atoms with van der Waals surface area (Å²) in [5, 5.41) is 9.39. The second kappa shape index (κ2) is 4.11. The van der Waals surface area contributed by atoms with Crippen molar-refractivity contribution in [3.63, 3.8) is 0 Å². The number of phenols is 1. The molecule has 0 saturated heterocycles. The van der Waals surface area contributed by atoms with Crippen LogP contribution in [0.5, 0.6) is 5.75 Å². The van der Waals surface area contributed by atoms with E-state index in [0.717, 1.165) is 36.8 Å². The van der Waals surface area contributed by atoms with Gasteiger partial charge < -0.3 is 5.11 Å². The zero-order valence-electron chi connectivity index (χ0n) is 9.36. The SMILES string of the molecule is Cc1cc(O)ccc1C1(N=C=O)CCCC1. The molecule has 1 saturated carbocycles. The smallest absolute Gasteiger partial charge is 0.235 e. The van der Waals surface area contributed by atoms with Gasteiger partial charge in [-0.1, -0.05) is 18.9 Å². The molecule has 3 heteroatoms. The number of rotatable bonds is 2. The Bertz CT molecular complexity index is 441. The lowest BCUT2D eigenvalue weighted by molar-refractivity contribution is 0.448. The lowest BCUT2D eigenvalue weighted by Crippen LogP contribution is -2.20. The topological polar surface area (TPSA) is 49.7 Å². The summed E-state index contributed by atoms with van der Waals surface area (Å²) < 4.78 is 0. The van der Waals surface area contributed by atoms with Gasteiger partial charge >= 0.3 is 0 Å². The van der Waals surface area contributed by atoms with E-state index in [1.54, 1.807) is 18.2 Å². The molecule has 0 bridgehead atoms. The first-order chi connectivity index (χ1) is 7.68. The van der Waals surface area contributed by atoms with E-state index in [4.69, 9.17) is 0 Å². The molecule has 1 N–H and O–H groups in total. The van der Waals surface area contributed by atoms with Crippen molar-refractivity contribution in [1.29, 1.82) is 0 Å². The molecule has 0 amide bonds. The number of aliphatic imine (C=N–C) groups is 1. The minimum Gasteiger partial charge on any atom is -0.508 e. The maximum atomic E-state index is 10.6. The van der Waals surface area contributed by atoms with Gasteiger partial charge in [-0.3, -0.25) is 0 Å². The molecule has 0 radical (unpaired) electrons. The van der Waals surface area contributed by atoms with Gasteiger partial charge in [0, 0.05) is 0 Å². The standard InChI is InChI=1S/C13H15NO2/c1-10-8-11(16)4-5-12(10)13(14-9-15)6-2-3-7-13/h4-5,8,16H,2-3,6-7H2,1H3. The summed E-state index contributed by atoms with van der Waals surface area (Å²) in [6.45, 7) is 1.94. The Kier molecular flexibility index (Phi) is 2.80. The molecule has 0 atom stereocenters. The van der Waals surface area contributed by atoms with Gasteiger partial charge in [0.2, 0.25) is 6.08 Å². The minimum atomic E-state index is -0.389. The van der Waals surface area contributed by atoms with Crippen LogP contribution in [-0.4, -0.2) is 11.2 Å². The molecule has 0 aliphatic heterocycles. The molecule has 1 aromatic carbocycles. The van der Waals surface area contributed by atoms with Crippen LogP contribution in [0.15, 0.2) is 23.2 Å². The van der Waals surface area contributed by atoms with E-state index in [1.165, 1.54) is 0 Å². The lowest BCUT2D eigenvalue weighted by atomic mass is 9.86. The van der Waals surface area contributed by atoms with Crippen molar-refractivity contribution in [2.24, 2.45) is 4.99 Å². The Labute approximate surface area is 94.8 Å². The molecule has 0 spiro atoms. The average molecular weight is 217 g/mol. The predicted molar refractivity (Wildman–Crippen MR) is 61.1 cm³/mol. The molecule has 1 aromatic rings. The first-order valence-corrected chi connectivity index (χ1v) is 5.57. The number of hydrogen-bond donors (Lipinski definition) is 1. The molecular weight excluding hydrogens is 202 g/mol. The summed E-state index contributed by atoms with van der Waals surface area (Å²) in [6, 6.07) is 5.25. The van der Waals surface area contributed by atoms with Crippen LogP contribution in [0.2, 0.25) is 0 Å². The Morgan fingerprint density at radius 1 is 1.38 bits per heavy atom. The van der Waals surface area contributed by atoms with Gasteiger partial charge in [0.05, 0.1) is 5.54 Å². The van der Waals surface area contributed by atoms with Gasteiger partial charge in [-0.25, -0.2) is 4.79 Å². The fraction of sp³-hybridized carbons (Fsp3) is 0.462. The van der Waals surface area contributed by atoms with Crippen molar-refractivity contribution in [3.05, 3.63) is 29.3 Å². The number of nitrogens with zero attached hydrogens (tertiary/aromatic N) is 1. The van der Waals surface area contributed by atoms with Crippen LogP contribution < -0.4 is 0 Å². The maximum Gasteiger partial charge on any atom is 0.235 e. The van der Waals surface area contributed by atoms with Gasteiger partial charge in [0.15, 0.2) is 0 Å². The highest BCUT2D eigenvalue weighted by Gasteiger charge is 2.36. The van der Waals surface area contributed by atoms with Crippen molar-refractivity contribution >= 4 is 6.08 Å². The molecule has 0 heterocycles. The Morgan fingerprint density at radius 2 is 2.06 bits per heavy atom. The van der Waals surface area contributed by atoms with Gasteiger partial charge in [-0.2, -0.15) is 4.99 Å². The fourth-order valence-electron chi connectivity index (χ4n) is 2.66. The third-order valence-electron chi connectivity index (χ3n) is 3.40. The van der Waals surface area contributed by atoms with E-state index in [0.29, 0.717) is 0 Å². The molecule has 1 aliphatic carbocycles. The van der Waals surface area contributed by atoms with Crippen LogP contribution in [0.3, 0.4) is 0 Å². The third kappa shape index (κ3) is 1.74. The van der Waals surface area contributed by atoms with Crippen molar-refractivity contribution in [2.75, 3.05) is 0 Å². The maximum absolute atomic E-state index is 10.6. The summed E-state index contributed by atoms with van der Waals surface area (Å²) in [4.78, 5) is 14.6. The highest BCUT2D eigenvalue weighted by molar-refractivity contribution is 5.43. The number of hydrogen-bond acceptors (Lipinski definition) is 3. The predicted octanol–water partition coefficient (Wildman–Crippen LogP) is 2.81. The van der Waals surface area contributed by atoms with Crippen molar-refractivity contribution in [3.8, 4) is 5.75 Å². The molecule has 3 nitrogen and oxygen atoms in total. The van der Waals surface area contributed by atoms with Crippen LogP contribution >= 0.6 is 0 Å². The Hall–Kier alpha value is -1.60. The molecule has 0 aromatic heterocycles. The van der Waals surface area contributed by atoms with E-state index in [2.05, 4.69) is 4.99 Å². The number of aryl methyl sites for hydroxylation is 1. The monoisotopic (exact) mass is 217 g/mol. The molecule has 2 rings (SSSR count). The second-order valence-corrected chi connectivity index (χ2v) is 4.44. The van der Waals surface area contributed by atoms with Gasteiger partial charge in [-0.05, 0) is 43.0 Å². The third-order valence-corrected chi connectivity index (χ3v) is 3.40. The molecule has 16 heavy (non-hydrogen) atoms. The summed E-state index contributed by atoms with van der Waals surface area (Å²) in [5.74, 6) is 0.254. The van der Waals surface area contributed by atoms with Gasteiger partial charge in [0.1, 0.15) is 5.75 Å². The molecule has 0 unspecified atom stereocenters. The number of benzene rings is 1. The summed E-state index contributed by atoms with van der Waals surface area (Å²) >= 11 is 0. The number of phenolic OH excluding ortho intramolecular Hbond substituents is 1. The highest BCUT2D eigenvalue weighted by atomic mass is 16.3. The number of carbonyl (C=O) groups excluding carboxylic acids is 1. The Morgan fingerprint density at radius 3 is 2.62 bits per heavy atom. The van der Waals surface area contributed by atoms with E-state index < -0.39 is 0 Å².